The molecule has 0 spiro atoms. The molecule has 110 valence electrons. The highest BCUT2D eigenvalue weighted by Gasteiger charge is 2.32. The van der Waals surface area contributed by atoms with Gasteiger partial charge >= 0.3 is 5.69 Å². The molecule has 1 aliphatic carbocycles. The van der Waals surface area contributed by atoms with Crippen LogP contribution in [-0.4, -0.2) is 17.3 Å². The summed E-state index contributed by atoms with van der Waals surface area (Å²) in [6, 6.07) is 3.28. The Labute approximate surface area is 122 Å². The molecule has 0 aliphatic heterocycles. The summed E-state index contributed by atoms with van der Waals surface area (Å²) >= 11 is 4.39. The number of hydrogen-bond donors (Lipinski definition) is 1. The summed E-state index contributed by atoms with van der Waals surface area (Å²) in [7, 11) is 0. The zero-order valence-electron chi connectivity index (χ0n) is 11.2. The number of rotatable bonds is 5. The molecule has 1 aliphatic rings. The van der Waals surface area contributed by atoms with Crippen molar-refractivity contribution in [3.8, 4) is 5.75 Å². The van der Waals surface area contributed by atoms with Crippen LogP contribution in [0.1, 0.15) is 32.1 Å². The van der Waals surface area contributed by atoms with Crippen LogP contribution in [0.25, 0.3) is 0 Å². The van der Waals surface area contributed by atoms with E-state index in [0.29, 0.717) is 12.4 Å². The summed E-state index contributed by atoms with van der Waals surface area (Å²) in [5.41, 5.74) is -0.252. The molecule has 0 aromatic heterocycles. The molecule has 1 fully saturated rings. The molecule has 20 heavy (non-hydrogen) atoms. The Hall–Kier alpha value is -1.30. The Morgan fingerprint density at radius 1 is 1.35 bits per heavy atom. The number of benzene rings is 1. The lowest BCUT2D eigenvalue weighted by Gasteiger charge is -2.35. The predicted octanol–water partition coefficient (Wildman–Crippen LogP) is 3.99. The van der Waals surface area contributed by atoms with Gasteiger partial charge in [-0.3, -0.25) is 10.1 Å². The minimum atomic E-state index is -0.553. The van der Waals surface area contributed by atoms with Crippen molar-refractivity contribution in [2.45, 2.75) is 32.1 Å². The fourth-order valence-electron chi connectivity index (χ4n) is 2.64. The number of ether oxygens (including phenoxy) is 1. The van der Waals surface area contributed by atoms with Gasteiger partial charge in [-0.05, 0) is 24.7 Å². The molecule has 4 nitrogen and oxygen atoms in total. The van der Waals surface area contributed by atoms with E-state index < -0.39 is 10.7 Å². The molecule has 6 heteroatoms. The first-order valence-corrected chi connectivity index (χ1v) is 7.37. The van der Waals surface area contributed by atoms with Crippen molar-refractivity contribution in [1.29, 1.82) is 0 Å². The third kappa shape index (κ3) is 3.42. The molecule has 0 amide bonds. The van der Waals surface area contributed by atoms with Crippen LogP contribution < -0.4 is 4.74 Å². The van der Waals surface area contributed by atoms with Crippen molar-refractivity contribution < 1.29 is 14.1 Å². The fraction of sp³-hybridized carbons (Fsp3) is 0.571. The molecule has 0 N–H and O–H groups in total. The summed E-state index contributed by atoms with van der Waals surface area (Å²) in [5, 5.41) is 10.9. The summed E-state index contributed by atoms with van der Waals surface area (Å²) in [6.07, 6.45) is 5.44. The van der Waals surface area contributed by atoms with Gasteiger partial charge in [-0.1, -0.05) is 19.3 Å². The van der Waals surface area contributed by atoms with Crippen molar-refractivity contribution in [2.75, 3.05) is 12.4 Å². The summed E-state index contributed by atoms with van der Waals surface area (Å²) in [6.45, 7) is 0.348. The molecule has 0 unspecified atom stereocenters. The van der Waals surface area contributed by atoms with Crippen molar-refractivity contribution in [3.05, 3.63) is 34.1 Å². The van der Waals surface area contributed by atoms with Gasteiger partial charge in [-0.2, -0.15) is 12.6 Å². The van der Waals surface area contributed by atoms with Gasteiger partial charge in [0.2, 0.25) is 0 Å². The number of nitro benzene ring substituents is 1. The normalized spacial score (nSPS) is 17.7. The number of halogens is 1. The van der Waals surface area contributed by atoms with Crippen LogP contribution in [0.5, 0.6) is 5.75 Å². The van der Waals surface area contributed by atoms with Crippen molar-refractivity contribution in [2.24, 2.45) is 5.41 Å². The third-order valence-electron chi connectivity index (χ3n) is 3.90. The van der Waals surface area contributed by atoms with Crippen molar-refractivity contribution >= 4 is 18.3 Å². The molecule has 1 aromatic carbocycles. The minimum Gasteiger partial charge on any atom is -0.486 e. The van der Waals surface area contributed by atoms with Crippen LogP contribution >= 0.6 is 12.6 Å². The molecule has 0 radical (unpaired) electrons. The van der Waals surface area contributed by atoms with E-state index in [0.717, 1.165) is 43.9 Å². The Morgan fingerprint density at radius 3 is 2.65 bits per heavy atom. The van der Waals surface area contributed by atoms with E-state index in [1.807, 2.05) is 0 Å². The summed E-state index contributed by atoms with van der Waals surface area (Å²) in [5.74, 6) is 0.145. The number of hydrogen-bond acceptors (Lipinski definition) is 4. The largest absolute Gasteiger partial charge is 0.486 e. The van der Waals surface area contributed by atoms with Gasteiger partial charge in [0.1, 0.15) is 5.82 Å². The topological polar surface area (TPSA) is 52.4 Å². The van der Waals surface area contributed by atoms with Crippen LogP contribution in [-0.2, 0) is 0 Å². The second kappa shape index (κ2) is 6.43. The highest BCUT2D eigenvalue weighted by Crippen LogP contribution is 2.38. The number of nitrogens with zero attached hydrogens (tertiary/aromatic N) is 1. The van der Waals surface area contributed by atoms with E-state index in [4.69, 9.17) is 4.74 Å². The van der Waals surface area contributed by atoms with Crippen LogP contribution in [0.2, 0.25) is 0 Å². The molecule has 0 bridgehead atoms. The summed E-state index contributed by atoms with van der Waals surface area (Å²) in [4.78, 5) is 10.4. The molecule has 1 aromatic rings. The maximum atomic E-state index is 13.2. The molecular formula is C14H18FNO3S. The zero-order valence-corrected chi connectivity index (χ0v) is 12.1. The first kappa shape index (κ1) is 15.1. The fourth-order valence-corrected chi connectivity index (χ4v) is 3.04. The SMILES string of the molecule is O=[N+]([O-])c1ccc(F)cc1OCC1(CS)CCCCC1. The smallest absolute Gasteiger partial charge is 0.311 e. The lowest BCUT2D eigenvalue weighted by atomic mass is 9.76. The van der Waals surface area contributed by atoms with E-state index in [1.54, 1.807) is 0 Å². The van der Waals surface area contributed by atoms with Gasteiger partial charge in [0.05, 0.1) is 11.5 Å². The maximum Gasteiger partial charge on any atom is 0.311 e. The second-order valence-electron chi connectivity index (χ2n) is 5.38. The molecule has 0 heterocycles. The van der Waals surface area contributed by atoms with E-state index in [9.17, 15) is 14.5 Å². The summed E-state index contributed by atoms with van der Waals surface area (Å²) < 4.78 is 18.8. The average molecular weight is 299 g/mol. The lowest BCUT2D eigenvalue weighted by Crippen LogP contribution is -2.33. The Bertz CT molecular complexity index is 489. The highest BCUT2D eigenvalue weighted by atomic mass is 32.1. The Kier molecular flexibility index (Phi) is 4.86. The van der Waals surface area contributed by atoms with Gasteiger partial charge in [-0.25, -0.2) is 4.39 Å². The third-order valence-corrected chi connectivity index (χ3v) is 4.57. The standard InChI is InChI=1S/C14H18FNO3S/c15-11-4-5-12(16(17)18)13(8-11)19-9-14(10-20)6-2-1-3-7-14/h4-5,8,20H,1-3,6-7,9-10H2. The predicted molar refractivity (Wildman–Crippen MR) is 77.9 cm³/mol. The minimum absolute atomic E-state index is 0.00160. The molecule has 2 rings (SSSR count). The van der Waals surface area contributed by atoms with E-state index >= 15 is 0 Å². The van der Waals surface area contributed by atoms with Crippen LogP contribution in [0.15, 0.2) is 18.2 Å². The van der Waals surface area contributed by atoms with Gasteiger partial charge in [0.15, 0.2) is 5.75 Å². The van der Waals surface area contributed by atoms with Crippen LogP contribution in [0, 0.1) is 21.3 Å². The van der Waals surface area contributed by atoms with Crippen LogP contribution in [0.4, 0.5) is 10.1 Å². The first-order valence-electron chi connectivity index (χ1n) is 6.74. The first-order chi connectivity index (χ1) is 9.56. The monoisotopic (exact) mass is 299 g/mol. The quantitative estimate of drug-likeness (QED) is 0.508. The van der Waals surface area contributed by atoms with Crippen molar-refractivity contribution in [1.82, 2.24) is 0 Å². The van der Waals surface area contributed by atoms with E-state index in [-0.39, 0.29) is 16.9 Å². The van der Waals surface area contributed by atoms with Crippen LogP contribution in [0.3, 0.4) is 0 Å². The lowest BCUT2D eigenvalue weighted by molar-refractivity contribution is -0.386. The van der Waals surface area contributed by atoms with Gasteiger partial charge in [0, 0.05) is 17.5 Å². The number of thiol groups is 1. The van der Waals surface area contributed by atoms with Gasteiger partial charge < -0.3 is 4.74 Å². The van der Waals surface area contributed by atoms with E-state index in [1.165, 1.54) is 6.42 Å². The molecule has 1 saturated carbocycles. The second-order valence-corrected chi connectivity index (χ2v) is 5.69. The zero-order chi connectivity index (χ0) is 14.6. The van der Waals surface area contributed by atoms with E-state index in [2.05, 4.69) is 12.6 Å². The Morgan fingerprint density at radius 2 is 2.05 bits per heavy atom. The number of nitro groups is 1. The Balaban J connectivity index is 2.13. The molecule has 0 atom stereocenters. The maximum absolute atomic E-state index is 13.2. The average Bonchev–Trinajstić information content (AvgIpc) is 2.46. The van der Waals surface area contributed by atoms with Gasteiger partial charge in [-0.15, -0.1) is 0 Å². The molecule has 0 saturated heterocycles. The highest BCUT2D eigenvalue weighted by molar-refractivity contribution is 7.80. The molecular weight excluding hydrogens is 281 g/mol. The van der Waals surface area contributed by atoms with Crippen molar-refractivity contribution in [3.63, 3.8) is 0 Å². The van der Waals surface area contributed by atoms with Gasteiger partial charge in [0.25, 0.3) is 0 Å².